The van der Waals surface area contributed by atoms with Crippen molar-refractivity contribution in [1.29, 1.82) is 0 Å². The Morgan fingerprint density at radius 1 is 1.19 bits per heavy atom. The second-order valence-electron chi connectivity index (χ2n) is 7.04. The standard InChI is InChI=1S/C22H23N3OS/c1-16-6-5-9-21(12-16)25(17(2)26)22-23-20(15-27-22)14-24-11-10-18-7-3-4-8-19(18)13-24/h3-9,12,15H,10-11,13-14H2,1-2H3. The van der Waals surface area contributed by atoms with E-state index in [1.807, 2.05) is 31.2 Å². The molecule has 0 radical (unpaired) electrons. The van der Waals surface area contributed by atoms with Crippen molar-refractivity contribution in [3.63, 3.8) is 0 Å². The van der Waals surface area contributed by atoms with Gasteiger partial charge in [0.15, 0.2) is 5.13 Å². The molecule has 0 saturated heterocycles. The topological polar surface area (TPSA) is 36.4 Å². The number of nitrogens with zero attached hydrogens (tertiary/aromatic N) is 3. The highest BCUT2D eigenvalue weighted by molar-refractivity contribution is 7.14. The molecular formula is C22H23N3OS. The van der Waals surface area contributed by atoms with Gasteiger partial charge in [-0.2, -0.15) is 0 Å². The zero-order valence-corrected chi connectivity index (χ0v) is 16.5. The molecule has 27 heavy (non-hydrogen) atoms. The number of hydrogen-bond donors (Lipinski definition) is 0. The molecule has 0 N–H and O–H groups in total. The Labute approximate surface area is 164 Å². The van der Waals surface area contributed by atoms with Gasteiger partial charge in [0.05, 0.1) is 11.4 Å². The second kappa shape index (κ2) is 7.62. The summed E-state index contributed by atoms with van der Waals surface area (Å²) in [5.41, 5.74) is 5.88. The molecule has 2 heterocycles. The number of thiazole rings is 1. The van der Waals surface area contributed by atoms with Crippen molar-refractivity contribution in [2.45, 2.75) is 33.4 Å². The van der Waals surface area contributed by atoms with Crippen LogP contribution in [0.15, 0.2) is 53.9 Å². The fraction of sp³-hybridized carbons (Fsp3) is 0.273. The van der Waals surface area contributed by atoms with Crippen LogP contribution in [0, 0.1) is 6.92 Å². The maximum Gasteiger partial charge on any atom is 0.230 e. The van der Waals surface area contributed by atoms with Gasteiger partial charge in [0.1, 0.15) is 0 Å². The Hall–Kier alpha value is -2.50. The van der Waals surface area contributed by atoms with Crippen LogP contribution in [0.3, 0.4) is 0 Å². The third kappa shape index (κ3) is 3.94. The molecular weight excluding hydrogens is 354 g/mol. The number of hydrogen-bond acceptors (Lipinski definition) is 4. The van der Waals surface area contributed by atoms with E-state index in [1.165, 1.54) is 22.5 Å². The van der Waals surface area contributed by atoms with E-state index in [-0.39, 0.29) is 5.91 Å². The highest BCUT2D eigenvalue weighted by Gasteiger charge is 2.20. The van der Waals surface area contributed by atoms with Crippen LogP contribution in [-0.4, -0.2) is 22.3 Å². The summed E-state index contributed by atoms with van der Waals surface area (Å²) >= 11 is 1.53. The van der Waals surface area contributed by atoms with Crippen molar-refractivity contribution < 1.29 is 4.79 Å². The van der Waals surface area contributed by atoms with Crippen LogP contribution in [0.5, 0.6) is 0 Å². The molecule has 4 rings (SSSR count). The molecule has 0 fully saturated rings. The zero-order chi connectivity index (χ0) is 18.8. The Bertz CT molecular complexity index is 965. The fourth-order valence-corrected chi connectivity index (χ4v) is 4.46. The van der Waals surface area contributed by atoms with Crippen molar-refractivity contribution in [3.8, 4) is 0 Å². The lowest BCUT2D eigenvalue weighted by Gasteiger charge is -2.28. The molecule has 5 heteroatoms. The van der Waals surface area contributed by atoms with Crippen molar-refractivity contribution in [1.82, 2.24) is 9.88 Å². The van der Waals surface area contributed by atoms with Gasteiger partial charge < -0.3 is 0 Å². The summed E-state index contributed by atoms with van der Waals surface area (Å²) in [5, 5.41) is 2.81. The molecule has 0 unspecified atom stereocenters. The number of benzene rings is 2. The first-order valence-electron chi connectivity index (χ1n) is 9.21. The summed E-state index contributed by atoms with van der Waals surface area (Å²) in [6.07, 6.45) is 1.08. The number of carbonyl (C=O) groups excluding carboxylic acids is 1. The van der Waals surface area contributed by atoms with Crippen LogP contribution in [0.1, 0.15) is 29.3 Å². The average Bonchev–Trinajstić information content (AvgIpc) is 3.09. The molecule has 0 saturated carbocycles. The SMILES string of the molecule is CC(=O)N(c1cccc(C)c1)c1nc(CN2CCc3ccccc3C2)cs1. The summed E-state index contributed by atoms with van der Waals surface area (Å²) in [6, 6.07) is 16.6. The number of amides is 1. The minimum absolute atomic E-state index is 0.0200. The lowest BCUT2D eigenvalue weighted by Crippen LogP contribution is -2.30. The number of fused-ring (bicyclic) bond motifs is 1. The molecule has 1 aliphatic rings. The summed E-state index contributed by atoms with van der Waals surface area (Å²) in [6.45, 7) is 6.42. The molecule has 138 valence electrons. The van der Waals surface area contributed by atoms with Crippen molar-refractivity contribution >= 4 is 28.1 Å². The van der Waals surface area contributed by atoms with Crippen molar-refractivity contribution in [2.75, 3.05) is 11.4 Å². The Morgan fingerprint density at radius 3 is 2.78 bits per heavy atom. The monoisotopic (exact) mass is 377 g/mol. The van der Waals surface area contributed by atoms with E-state index in [1.54, 1.807) is 11.8 Å². The molecule has 0 atom stereocenters. The summed E-state index contributed by atoms with van der Waals surface area (Å²) in [7, 11) is 0. The molecule has 2 aromatic carbocycles. The van der Waals surface area contributed by atoms with Gasteiger partial charge in [-0.15, -0.1) is 11.3 Å². The number of rotatable bonds is 4. The van der Waals surface area contributed by atoms with Crippen molar-refractivity contribution in [2.24, 2.45) is 0 Å². The molecule has 0 bridgehead atoms. The van der Waals surface area contributed by atoms with E-state index >= 15 is 0 Å². The minimum Gasteiger partial charge on any atom is -0.293 e. The van der Waals surface area contributed by atoms with Gasteiger partial charge in [0.2, 0.25) is 5.91 Å². The Kier molecular flexibility index (Phi) is 5.05. The van der Waals surface area contributed by atoms with Crippen LogP contribution in [0.4, 0.5) is 10.8 Å². The number of carbonyl (C=O) groups is 1. The lowest BCUT2D eigenvalue weighted by atomic mass is 10.00. The Morgan fingerprint density at radius 2 is 2.00 bits per heavy atom. The molecule has 1 aromatic heterocycles. The molecule has 0 spiro atoms. The summed E-state index contributed by atoms with van der Waals surface area (Å²) in [5.74, 6) is -0.0200. The summed E-state index contributed by atoms with van der Waals surface area (Å²) < 4.78 is 0. The Balaban J connectivity index is 1.52. The molecule has 1 amide bonds. The number of aromatic nitrogens is 1. The van der Waals surface area contributed by atoms with E-state index in [4.69, 9.17) is 4.98 Å². The largest absolute Gasteiger partial charge is 0.293 e. The van der Waals surface area contributed by atoms with Gasteiger partial charge in [0.25, 0.3) is 0 Å². The van der Waals surface area contributed by atoms with Crippen LogP contribution in [0.2, 0.25) is 0 Å². The third-order valence-corrected chi connectivity index (χ3v) is 5.78. The zero-order valence-electron chi connectivity index (χ0n) is 15.7. The molecule has 1 aliphatic heterocycles. The highest BCUT2D eigenvalue weighted by atomic mass is 32.1. The molecule has 4 nitrogen and oxygen atoms in total. The number of anilines is 2. The van der Waals surface area contributed by atoms with Gasteiger partial charge in [-0.05, 0) is 42.2 Å². The first-order chi connectivity index (χ1) is 13.1. The van der Waals surface area contributed by atoms with E-state index < -0.39 is 0 Å². The first-order valence-corrected chi connectivity index (χ1v) is 10.1. The van der Waals surface area contributed by atoms with Crippen LogP contribution in [0.25, 0.3) is 0 Å². The highest BCUT2D eigenvalue weighted by Crippen LogP contribution is 2.30. The molecule has 0 aliphatic carbocycles. The third-order valence-electron chi connectivity index (χ3n) is 4.90. The van der Waals surface area contributed by atoms with Gasteiger partial charge in [-0.25, -0.2) is 4.98 Å². The second-order valence-corrected chi connectivity index (χ2v) is 7.88. The van der Waals surface area contributed by atoms with E-state index in [9.17, 15) is 4.79 Å². The number of aryl methyl sites for hydroxylation is 1. The fourth-order valence-electron chi connectivity index (χ4n) is 3.58. The maximum atomic E-state index is 12.3. The van der Waals surface area contributed by atoms with E-state index in [2.05, 4.69) is 34.5 Å². The van der Waals surface area contributed by atoms with Gasteiger partial charge in [0, 0.05) is 31.9 Å². The first kappa shape index (κ1) is 17.9. The average molecular weight is 378 g/mol. The van der Waals surface area contributed by atoms with Gasteiger partial charge in [-0.3, -0.25) is 14.6 Å². The van der Waals surface area contributed by atoms with Gasteiger partial charge >= 0.3 is 0 Å². The quantitative estimate of drug-likeness (QED) is 0.661. The van der Waals surface area contributed by atoms with Crippen LogP contribution >= 0.6 is 11.3 Å². The lowest BCUT2D eigenvalue weighted by molar-refractivity contribution is -0.115. The normalized spacial score (nSPS) is 14.0. The predicted molar refractivity (Wildman–Crippen MR) is 110 cm³/mol. The van der Waals surface area contributed by atoms with E-state index in [0.29, 0.717) is 0 Å². The predicted octanol–water partition coefficient (Wildman–Crippen LogP) is 4.69. The van der Waals surface area contributed by atoms with Crippen molar-refractivity contribution in [3.05, 3.63) is 76.3 Å². The molecule has 3 aromatic rings. The summed E-state index contributed by atoms with van der Waals surface area (Å²) in [4.78, 5) is 21.2. The van der Waals surface area contributed by atoms with Gasteiger partial charge in [-0.1, -0.05) is 36.4 Å². The minimum atomic E-state index is -0.0200. The smallest absolute Gasteiger partial charge is 0.230 e. The van der Waals surface area contributed by atoms with E-state index in [0.717, 1.165) is 48.1 Å². The van der Waals surface area contributed by atoms with Crippen LogP contribution < -0.4 is 4.90 Å². The maximum absolute atomic E-state index is 12.3. The van der Waals surface area contributed by atoms with Crippen LogP contribution in [-0.2, 0) is 24.3 Å².